The van der Waals surface area contributed by atoms with Crippen molar-refractivity contribution in [2.24, 2.45) is 9.98 Å². The molecule has 3 nitrogen and oxygen atoms in total. The number of hydrogen-bond donors (Lipinski definition) is 0. The van der Waals surface area contributed by atoms with E-state index < -0.39 is 0 Å². The number of pyridine rings is 1. The molecule has 0 unspecified atom stereocenters. The van der Waals surface area contributed by atoms with Gasteiger partial charge in [-0.2, -0.15) is 0 Å². The van der Waals surface area contributed by atoms with Crippen LogP contribution in [0.3, 0.4) is 0 Å². The van der Waals surface area contributed by atoms with Crippen molar-refractivity contribution in [3.05, 3.63) is 100 Å². The van der Waals surface area contributed by atoms with Crippen LogP contribution in [0.25, 0.3) is 10.8 Å². The van der Waals surface area contributed by atoms with Crippen molar-refractivity contribution < 1.29 is 13.1 Å². The standard InChI is InChI=1S/C29H29N3.2ClH.Fe/c1-18-11-9-12-19(2)27(18)30-22(5)26-17-24-15-7-8-16-25(24)29(32-26)23(6)31-28-20(3)13-10-14-21(28)4;;;/h7-17H,1-6H3;2*1H;/q;;;+2/p-2. The van der Waals surface area contributed by atoms with Crippen molar-refractivity contribution in [3.8, 4) is 0 Å². The molecular weight excluding hydrogens is 517 g/mol. The molecule has 0 aliphatic heterocycles. The predicted molar refractivity (Wildman–Crippen MR) is 149 cm³/mol. The van der Waals surface area contributed by atoms with E-state index in [1.165, 1.54) is 0 Å². The van der Waals surface area contributed by atoms with E-state index in [1.807, 2.05) is 13.8 Å². The van der Waals surface area contributed by atoms with Crippen molar-refractivity contribution in [1.82, 2.24) is 4.98 Å². The fraction of sp³-hybridized carbons (Fsp3) is 0.207. The van der Waals surface area contributed by atoms with Gasteiger partial charge in [-0.05, 0) is 75.2 Å². The summed E-state index contributed by atoms with van der Waals surface area (Å²) in [5, 5.41) is 2.24. The van der Waals surface area contributed by atoms with E-state index in [4.69, 9.17) is 35.2 Å². The number of aliphatic imine (C=N–C) groups is 2. The average molecular weight is 546 g/mol. The minimum atomic E-state index is 0.194. The Labute approximate surface area is 223 Å². The normalized spacial score (nSPS) is 12.0. The van der Waals surface area contributed by atoms with Crippen LogP contribution in [0.2, 0.25) is 0 Å². The topological polar surface area (TPSA) is 37.6 Å². The number of nitrogens with zero attached hydrogens (tertiary/aromatic N) is 3. The van der Waals surface area contributed by atoms with Gasteiger partial charge in [-0.3, -0.25) is 9.98 Å². The summed E-state index contributed by atoms with van der Waals surface area (Å²) in [7, 11) is 9.53. The van der Waals surface area contributed by atoms with Gasteiger partial charge in [0.25, 0.3) is 0 Å². The summed E-state index contributed by atoms with van der Waals surface area (Å²) in [5.41, 5.74) is 10.3. The second-order valence-corrected chi connectivity index (χ2v) is 10.3. The van der Waals surface area contributed by atoms with Crippen LogP contribution in [0.15, 0.2) is 76.7 Å². The Balaban J connectivity index is 0.00000108. The fourth-order valence-electron chi connectivity index (χ4n) is 4.07. The van der Waals surface area contributed by atoms with Crippen LogP contribution in [0, 0.1) is 27.7 Å². The molecule has 1 aromatic heterocycles. The third kappa shape index (κ3) is 6.59. The summed E-state index contributed by atoms with van der Waals surface area (Å²) in [5.74, 6) is 0. The average Bonchev–Trinajstić information content (AvgIpc) is 2.83. The molecule has 0 spiro atoms. The van der Waals surface area contributed by atoms with Crippen molar-refractivity contribution in [3.63, 3.8) is 0 Å². The summed E-state index contributed by atoms with van der Waals surface area (Å²) in [6.45, 7) is 12.5. The van der Waals surface area contributed by atoms with Gasteiger partial charge in [-0.1, -0.05) is 60.7 Å². The van der Waals surface area contributed by atoms with E-state index in [-0.39, 0.29) is 13.1 Å². The van der Waals surface area contributed by atoms with Gasteiger partial charge in [0.1, 0.15) is 0 Å². The Bertz CT molecular complexity index is 1370. The van der Waals surface area contributed by atoms with Crippen molar-refractivity contribution >= 4 is 53.8 Å². The van der Waals surface area contributed by atoms with Crippen LogP contribution in [0.4, 0.5) is 11.4 Å². The summed E-state index contributed by atoms with van der Waals surface area (Å²) in [6, 6.07) is 23.0. The van der Waals surface area contributed by atoms with E-state index in [2.05, 4.69) is 94.4 Å². The number of hydrogen-bond acceptors (Lipinski definition) is 3. The zero-order valence-electron chi connectivity index (χ0n) is 20.8. The number of aromatic nitrogens is 1. The molecule has 4 aromatic rings. The zero-order valence-corrected chi connectivity index (χ0v) is 23.4. The van der Waals surface area contributed by atoms with Gasteiger partial charge in [0, 0.05) is 5.39 Å². The summed E-state index contributed by atoms with van der Waals surface area (Å²) in [4.78, 5) is 15.0. The molecule has 1 heterocycles. The van der Waals surface area contributed by atoms with Crippen molar-refractivity contribution in [2.45, 2.75) is 41.5 Å². The monoisotopic (exact) mass is 545 g/mol. The van der Waals surface area contributed by atoms with Gasteiger partial charge < -0.3 is 0 Å². The van der Waals surface area contributed by atoms with E-state index in [9.17, 15) is 0 Å². The van der Waals surface area contributed by atoms with Crippen LogP contribution < -0.4 is 0 Å². The first-order valence-corrected chi connectivity index (χ1v) is 14.3. The van der Waals surface area contributed by atoms with Crippen molar-refractivity contribution in [2.75, 3.05) is 0 Å². The SMILES string of the molecule is CC(=Nc1c(C)cccc1C)c1cc2ccccc2c(C(C)=Nc2c(C)cccc2C)n1.[Cl][Fe][Cl]. The molecule has 0 fully saturated rings. The second kappa shape index (κ2) is 12.5. The Morgan fingerprint density at radius 3 is 1.66 bits per heavy atom. The molecule has 0 aliphatic carbocycles. The van der Waals surface area contributed by atoms with Gasteiger partial charge in [-0.25, -0.2) is 4.98 Å². The maximum absolute atomic E-state index is 5.05. The summed E-state index contributed by atoms with van der Waals surface area (Å²) < 4.78 is 0. The van der Waals surface area contributed by atoms with Gasteiger partial charge in [-0.15, -0.1) is 0 Å². The Kier molecular flexibility index (Phi) is 9.65. The Morgan fingerprint density at radius 1 is 0.686 bits per heavy atom. The molecule has 3 aromatic carbocycles. The fourth-order valence-corrected chi connectivity index (χ4v) is 4.07. The number of benzene rings is 3. The third-order valence-electron chi connectivity index (χ3n) is 5.89. The maximum atomic E-state index is 5.05. The molecule has 0 N–H and O–H groups in total. The first kappa shape index (κ1) is 27.1. The zero-order chi connectivity index (χ0) is 25.5. The van der Waals surface area contributed by atoms with Gasteiger partial charge in [0.2, 0.25) is 0 Å². The number of para-hydroxylation sites is 2. The number of aryl methyl sites for hydroxylation is 4. The molecule has 0 amide bonds. The quantitative estimate of drug-likeness (QED) is 0.186. The summed E-state index contributed by atoms with van der Waals surface area (Å²) in [6.07, 6.45) is 0. The molecular formula is C29H29Cl2FeN3. The van der Waals surface area contributed by atoms with E-state index in [0.29, 0.717) is 0 Å². The van der Waals surface area contributed by atoms with Gasteiger partial charge in [0.05, 0.1) is 34.2 Å². The Morgan fingerprint density at radius 2 is 1.14 bits per heavy atom. The molecule has 0 radical (unpaired) electrons. The minimum absolute atomic E-state index is 0.194. The van der Waals surface area contributed by atoms with Gasteiger partial charge in [0.15, 0.2) is 0 Å². The van der Waals surface area contributed by atoms with Crippen LogP contribution in [-0.2, 0) is 13.1 Å². The molecule has 0 aliphatic rings. The number of rotatable bonds is 4. The molecule has 0 saturated carbocycles. The molecule has 0 bridgehead atoms. The van der Waals surface area contributed by atoms with Crippen LogP contribution in [-0.4, -0.2) is 16.4 Å². The van der Waals surface area contributed by atoms with Crippen molar-refractivity contribution in [1.29, 1.82) is 0 Å². The van der Waals surface area contributed by atoms with Crippen LogP contribution in [0.1, 0.15) is 47.5 Å². The first-order chi connectivity index (χ1) is 16.8. The molecule has 0 saturated heterocycles. The molecule has 35 heavy (non-hydrogen) atoms. The van der Waals surface area contributed by atoms with Crippen LogP contribution >= 0.6 is 20.2 Å². The molecule has 0 atom stereocenters. The Hall–Kier alpha value is -2.49. The van der Waals surface area contributed by atoms with Crippen LogP contribution in [0.5, 0.6) is 0 Å². The third-order valence-corrected chi connectivity index (χ3v) is 5.89. The van der Waals surface area contributed by atoms with E-state index >= 15 is 0 Å². The van der Waals surface area contributed by atoms with E-state index in [1.54, 1.807) is 0 Å². The number of halogens is 2. The molecule has 6 heteroatoms. The molecule has 182 valence electrons. The predicted octanol–water partition coefficient (Wildman–Crippen LogP) is 9.13. The number of fused-ring (bicyclic) bond motifs is 1. The van der Waals surface area contributed by atoms with E-state index in [0.717, 1.165) is 67.2 Å². The molecule has 4 rings (SSSR count). The second-order valence-electron chi connectivity index (χ2n) is 8.50. The van der Waals surface area contributed by atoms with Gasteiger partial charge >= 0.3 is 33.3 Å². The summed E-state index contributed by atoms with van der Waals surface area (Å²) >= 11 is 0.194. The first-order valence-electron chi connectivity index (χ1n) is 11.3.